The van der Waals surface area contributed by atoms with Crippen molar-refractivity contribution >= 4 is 33.4 Å². The molecule has 1 N–H and O–H groups in total. The van der Waals surface area contributed by atoms with E-state index in [-0.39, 0.29) is 23.2 Å². The average Bonchev–Trinajstić information content (AvgIpc) is 3.32. The van der Waals surface area contributed by atoms with Gasteiger partial charge in [-0.15, -0.1) is 0 Å². The number of nitrogens with zero attached hydrogens (tertiary/aromatic N) is 3. The van der Waals surface area contributed by atoms with Crippen LogP contribution in [-0.4, -0.2) is 31.0 Å². The molecular formula is C25H22N4O4S2. The lowest BCUT2D eigenvalue weighted by molar-refractivity contribution is 0.0984. The van der Waals surface area contributed by atoms with Crippen molar-refractivity contribution < 1.29 is 17.7 Å². The van der Waals surface area contributed by atoms with E-state index in [9.17, 15) is 13.2 Å². The number of hydrogen-bond acceptors (Lipinski definition) is 7. The maximum atomic E-state index is 13.2. The summed E-state index contributed by atoms with van der Waals surface area (Å²) in [5.74, 6) is 0.470. The number of rotatable bonds is 7. The highest BCUT2D eigenvalue weighted by Crippen LogP contribution is 2.42. The fourth-order valence-corrected chi connectivity index (χ4v) is 5.91. The van der Waals surface area contributed by atoms with Crippen LogP contribution in [0.1, 0.15) is 29.6 Å². The third-order valence-corrected chi connectivity index (χ3v) is 8.01. The van der Waals surface area contributed by atoms with E-state index in [0.717, 1.165) is 21.9 Å². The van der Waals surface area contributed by atoms with E-state index in [1.807, 2.05) is 49.4 Å². The molecule has 0 saturated heterocycles. The van der Waals surface area contributed by atoms with Gasteiger partial charge in [0.15, 0.2) is 0 Å². The van der Waals surface area contributed by atoms with Crippen LogP contribution in [0.5, 0.6) is 0 Å². The van der Waals surface area contributed by atoms with Crippen molar-refractivity contribution in [3.05, 3.63) is 84.3 Å². The lowest BCUT2D eigenvalue weighted by Crippen LogP contribution is -2.31. The van der Waals surface area contributed by atoms with Crippen LogP contribution < -0.4 is 9.62 Å². The lowest BCUT2D eigenvalue weighted by atomic mass is 10.1. The zero-order valence-electron chi connectivity index (χ0n) is 18.8. The highest BCUT2D eigenvalue weighted by Gasteiger charge is 2.27. The van der Waals surface area contributed by atoms with Gasteiger partial charge < -0.3 is 9.42 Å². The zero-order chi connectivity index (χ0) is 24.4. The Balaban J connectivity index is 1.41. The van der Waals surface area contributed by atoms with Crippen molar-refractivity contribution in [1.82, 2.24) is 14.9 Å². The minimum atomic E-state index is -3.69. The normalized spacial score (nSPS) is 13.3. The standard InChI is InChI=1S/C25H22N4O4S2/c1-2-14-29-20-13-12-17(15-22(20)34-21-11-7-6-10-19(21)25(29)30)24-27-23(33-28-24)16-26-35(31,32)18-8-4-3-5-9-18/h3-13,15,26H,2,14,16H2,1H3. The highest BCUT2D eigenvalue weighted by atomic mass is 32.2. The molecule has 10 heteroatoms. The van der Waals surface area contributed by atoms with Crippen LogP contribution in [0, 0.1) is 0 Å². The van der Waals surface area contributed by atoms with E-state index in [4.69, 9.17) is 4.52 Å². The summed E-state index contributed by atoms with van der Waals surface area (Å²) in [6, 6.07) is 21.3. The number of aromatic nitrogens is 2. The van der Waals surface area contributed by atoms with Crippen LogP contribution in [-0.2, 0) is 16.6 Å². The summed E-state index contributed by atoms with van der Waals surface area (Å²) >= 11 is 1.52. The van der Waals surface area contributed by atoms with Gasteiger partial charge in [0.25, 0.3) is 5.91 Å². The zero-order valence-corrected chi connectivity index (χ0v) is 20.5. The Morgan fingerprint density at radius 2 is 1.77 bits per heavy atom. The molecule has 0 saturated carbocycles. The molecule has 0 atom stereocenters. The summed E-state index contributed by atoms with van der Waals surface area (Å²) in [5.41, 5.74) is 2.22. The molecule has 0 fully saturated rings. The van der Waals surface area contributed by atoms with E-state index in [0.29, 0.717) is 23.5 Å². The molecule has 5 rings (SSSR count). The van der Waals surface area contributed by atoms with Crippen LogP contribution in [0.3, 0.4) is 0 Å². The number of nitrogens with one attached hydrogen (secondary N) is 1. The Kier molecular flexibility index (Phi) is 6.42. The van der Waals surface area contributed by atoms with E-state index in [1.165, 1.54) is 23.9 Å². The van der Waals surface area contributed by atoms with Gasteiger partial charge in [0.2, 0.25) is 21.7 Å². The van der Waals surface area contributed by atoms with Crippen LogP contribution in [0.4, 0.5) is 5.69 Å². The van der Waals surface area contributed by atoms with Crippen molar-refractivity contribution in [3.8, 4) is 11.4 Å². The first-order chi connectivity index (χ1) is 17.0. The predicted molar refractivity (Wildman–Crippen MR) is 133 cm³/mol. The number of benzene rings is 3. The van der Waals surface area contributed by atoms with Crippen molar-refractivity contribution in [2.75, 3.05) is 11.4 Å². The molecule has 1 aliphatic rings. The number of carbonyl (C=O) groups is 1. The molecule has 35 heavy (non-hydrogen) atoms. The summed E-state index contributed by atoms with van der Waals surface area (Å²) in [5, 5.41) is 4.04. The summed E-state index contributed by atoms with van der Waals surface area (Å²) in [6.45, 7) is 2.52. The molecule has 0 aliphatic carbocycles. The fourth-order valence-electron chi connectivity index (χ4n) is 3.79. The average molecular weight is 507 g/mol. The van der Waals surface area contributed by atoms with Gasteiger partial charge in [0.1, 0.15) is 0 Å². The second-order valence-electron chi connectivity index (χ2n) is 7.89. The first-order valence-corrected chi connectivity index (χ1v) is 13.4. The topological polar surface area (TPSA) is 105 Å². The Morgan fingerprint density at radius 3 is 2.57 bits per heavy atom. The molecule has 0 bridgehead atoms. The van der Waals surface area contributed by atoms with Gasteiger partial charge in [-0.1, -0.05) is 54.2 Å². The van der Waals surface area contributed by atoms with Gasteiger partial charge in [-0.25, -0.2) is 13.1 Å². The molecule has 2 heterocycles. The second kappa shape index (κ2) is 9.65. The fraction of sp³-hybridized carbons (Fsp3) is 0.160. The van der Waals surface area contributed by atoms with E-state index < -0.39 is 10.0 Å². The molecule has 1 amide bonds. The number of sulfonamides is 1. The Morgan fingerprint density at radius 1 is 1.00 bits per heavy atom. The van der Waals surface area contributed by atoms with Crippen LogP contribution in [0.25, 0.3) is 11.4 Å². The lowest BCUT2D eigenvalue weighted by Gasteiger charge is -2.22. The van der Waals surface area contributed by atoms with Crippen molar-refractivity contribution in [1.29, 1.82) is 0 Å². The van der Waals surface area contributed by atoms with Crippen molar-refractivity contribution in [3.63, 3.8) is 0 Å². The van der Waals surface area contributed by atoms with Gasteiger partial charge in [-0.2, -0.15) is 4.98 Å². The van der Waals surface area contributed by atoms with E-state index >= 15 is 0 Å². The first kappa shape index (κ1) is 23.3. The van der Waals surface area contributed by atoms with Gasteiger partial charge in [0.05, 0.1) is 22.7 Å². The minimum absolute atomic E-state index is 0.0194. The van der Waals surface area contributed by atoms with Gasteiger partial charge in [-0.05, 0) is 48.9 Å². The third kappa shape index (κ3) is 4.72. The van der Waals surface area contributed by atoms with Crippen LogP contribution in [0.15, 0.2) is 92.0 Å². The molecule has 1 aromatic heterocycles. The van der Waals surface area contributed by atoms with Gasteiger partial charge in [0, 0.05) is 21.9 Å². The van der Waals surface area contributed by atoms with E-state index in [1.54, 1.807) is 23.1 Å². The predicted octanol–water partition coefficient (Wildman–Crippen LogP) is 4.74. The molecule has 178 valence electrons. The van der Waals surface area contributed by atoms with Gasteiger partial charge >= 0.3 is 0 Å². The second-order valence-corrected chi connectivity index (χ2v) is 10.7. The quantitative estimate of drug-likeness (QED) is 0.386. The van der Waals surface area contributed by atoms with Crippen LogP contribution in [0.2, 0.25) is 0 Å². The van der Waals surface area contributed by atoms with Gasteiger partial charge in [-0.3, -0.25) is 4.79 Å². The Labute approximate surface area is 207 Å². The number of anilines is 1. The Bertz CT molecular complexity index is 1490. The number of fused-ring (bicyclic) bond motifs is 2. The smallest absolute Gasteiger partial charge is 0.259 e. The summed E-state index contributed by atoms with van der Waals surface area (Å²) in [4.78, 5) is 21.3. The summed E-state index contributed by atoms with van der Waals surface area (Å²) in [7, 11) is -3.69. The summed E-state index contributed by atoms with van der Waals surface area (Å²) in [6.07, 6.45) is 0.826. The maximum absolute atomic E-state index is 13.2. The molecule has 3 aromatic carbocycles. The molecule has 0 spiro atoms. The monoisotopic (exact) mass is 506 g/mol. The number of amides is 1. The first-order valence-electron chi connectivity index (χ1n) is 11.1. The Hall–Kier alpha value is -3.47. The molecule has 1 aliphatic heterocycles. The minimum Gasteiger partial charge on any atom is -0.338 e. The van der Waals surface area contributed by atoms with Crippen LogP contribution >= 0.6 is 11.8 Å². The molecule has 0 unspecified atom stereocenters. The SMILES string of the molecule is CCCN1C(=O)c2ccccc2Sc2cc(-c3noc(CNS(=O)(=O)c4ccccc4)n3)ccc21. The highest BCUT2D eigenvalue weighted by molar-refractivity contribution is 7.99. The maximum Gasteiger partial charge on any atom is 0.259 e. The van der Waals surface area contributed by atoms with Crippen molar-refractivity contribution in [2.24, 2.45) is 0 Å². The summed E-state index contributed by atoms with van der Waals surface area (Å²) < 4.78 is 32.7. The molecule has 8 nitrogen and oxygen atoms in total. The molecule has 4 aromatic rings. The molecule has 0 radical (unpaired) electrons. The number of hydrogen-bond donors (Lipinski definition) is 1. The van der Waals surface area contributed by atoms with Crippen molar-refractivity contribution in [2.45, 2.75) is 34.6 Å². The number of carbonyl (C=O) groups excluding carboxylic acids is 1. The largest absolute Gasteiger partial charge is 0.338 e. The van der Waals surface area contributed by atoms with E-state index in [2.05, 4.69) is 14.9 Å². The molecular weight excluding hydrogens is 484 g/mol. The third-order valence-electron chi connectivity index (χ3n) is 5.47.